The van der Waals surface area contributed by atoms with Gasteiger partial charge in [-0.25, -0.2) is 0 Å². The molecule has 1 unspecified atom stereocenters. The molecule has 1 atom stereocenters. The van der Waals surface area contributed by atoms with Crippen LogP contribution < -0.4 is 10.2 Å². The molecular weight excluding hydrogens is 264 g/mol. The summed E-state index contributed by atoms with van der Waals surface area (Å²) in [6, 6.07) is 5.66. The number of carboxylic acids is 1. The van der Waals surface area contributed by atoms with Crippen LogP contribution in [0.25, 0.3) is 0 Å². The summed E-state index contributed by atoms with van der Waals surface area (Å²) in [4.78, 5) is 35.5. The van der Waals surface area contributed by atoms with Crippen LogP contribution in [0.3, 0.4) is 0 Å². The molecule has 2 amide bonds. The molecule has 1 aliphatic heterocycles. The summed E-state index contributed by atoms with van der Waals surface area (Å²) in [7, 11) is 0. The van der Waals surface area contributed by atoms with E-state index < -0.39 is 24.3 Å². The van der Waals surface area contributed by atoms with Gasteiger partial charge in [-0.15, -0.1) is 0 Å². The van der Waals surface area contributed by atoms with Crippen molar-refractivity contribution in [1.82, 2.24) is 5.32 Å². The highest BCUT2D eigenvalue weighted by Gasteiger charge is 2.32. The number of nitrogens with zero attached hydrogens (tertiary/aromatic N) is 1. The zero-order valence-corrected chi connectivity index (χ0v) is 10.6. The molecule has 0 aliphatic carbocycles. The van der Waals surface area contributed by atoms with E-state index >= 15 is 0 Å². The van der Waals surface area contributed by atoms with E-state index in [1.165, 1.54) is 24.3 Å². The van der Waals surface area contributed by atoms with Gasteiger partial charge < -0.3 is 20.4 Å². The molecule has 7 heteroatoms. The largest absolute Gasteiger partial charge is 0.508 e. The molecule has 0 aromatic heterocycles. The molecule has 3 N–H and O–H groups in total. The first-order valence-corrected chi connectivity index (χ1v) is 6.06. The molecule has 0 saturated carbocycles. The lowest BCUT2D eigenvalue weighted by Gasteiger charge is -2.23. The van der Waals surface area contributed by atoms with Gasteiger partial charge in [-0.3, -0.25) is 14.4 Å². The second-order valence-corrected chi connectivity index (χ2v) is 4.54. The monoisotopic (exact) mass is 278 g/mol. The van der Waals surface area contributed by atoms with E-state index in [2.05, 4.69) is 5.32 Å². The van der Waals surface area contributed by atoms with Crippen LogP contribution in [0.1, 0.15) is 6.42 Å². The van der Waals surface area contributed by atoms with Crippen LogP contribution in [0.5, 0.6) is 5.75 Å². The predicted octanol–water partition coefficient (Wildman–Crippen LogP) is -0.0541. The maximum absolute atomic E-state index is 12.3. The molecule has 0 radical (unpaired) electrons. The van der Waals surface area contributed by atoms with Crippen molar-refractivity contribution in [2.75, 3.05) is 18.0 Å². The summed E-state index contributed by atoms with van der Waals surface area (Å²) in [5.74, 6) is -2.32. The average molecular weight is 278 g/mol. The van der Waals surface area contributed by atoms with Crippen molar-refractivity contribution in [2.24, 2.45) is 5.92 Å². The lowest BCUT2D eigenvalue weighted by atomic mass is 10.1. The normalized spacial score (nSPS) is 17.6. The van der Waals surface area contributed by atoms with Gasteiger partial charge in [0.2, 0.25) is 11.8 Å². The first-order chi connectivity index (χ1) is 9.47. The summed E-state index contributed by atoms with van der Waals surface area (Å²) in [6.07, 6.45) is 0.0625. The van der Waals surface area contributed by atoms with Crippen molar-refractivity contribution in [3.63, 3.8) is 0 Å². The van der Waals surface area contributed by atoms with E-state index in [4.69, 9.17) is 5.11 Å². The number of carboxylic acid groups (broad SMARTS) is 1. The highest BCUT2D eigenvalue weighted by molar-refractivity contribution is 6.01. The molecule has 0 spiro atoms. The van der Waals surface area contributed by atoms with Gasteiger partial charge in [-0.05, 0) is 24.3 Å². The molecule has 20 heavy (non-hydrogen) atoms. The standard InChI is InChI=1S/C13H14N2O5/c16-10-3-1-9(2-4-10)15(7-12(18)19)13(20)8-5-11(17)14-6-8/h1-4,8,16H,5-7H2,(H,14,17)(H,18,19). The Morgan fingerprint density at radius 2 is 1.95 bits per heavy atom. The summed E-state index contributed by atoms with van der Waals surface area (Å²) in [5.41, 5.74) is 0.370. The minimum Gasteiger partial charge on any atom is -0.508 e. The number of rotatable bonds is 4. The SMILES string of the molecule is O=C(O)CN(C(=O)C1CNC(=O)C1)c1ccc(O)cc1. The van der Waals surface area contributed by atoms with Gasteiger partial charge in [0.05, 0.1) is 5.92 Å². The van der Waals surface area contributed by atoms with Gasteiger partial charge in [0.15, 0.2) is 0 Å². The molecule has 1 aliphatic rings. The summed E-state index contributed by atoms with van der Waals surface area (Å²) in [5, 5.41) is 20.7. The zero-order valence-electron chi connectivity index (χ0n) is 10.6. The highest BCUT2D eigenvalue weighted by atomic mass is 16.4. The van der Waals surface area contributed by atoms with Crippen LogP contribution in [0.15, 0.2) is 24.3 Å². The van der Waals surface area contributed by atoms with Crippen LogP contribution in [0.4, 0.5) is 5.69 Å². The number of carbonyl (C=O) groups excluding carboxylic acids is 2. The Hall–Kier alpha value is -2.57. The Balaban J connectivity index is 2.22. The molecule has 1 aromatic carbocycles. The van der Waals surface area contributed by atoms with E-state index in [1.807, 2.05) is 0 Å². The Labute approximate surface area is 114 Å². The van der Waals surface area contributed by atoms with Gasteiger partial charge >= 0.3 is 5.97 Å². The number of nitrogens with one attached hydrogen (secondary N) is 1. The van der Waals surface area contributed by atoms with Crippen LogP contribution in [-0.2, 0) is 14.4 Å². The second-order valence-electron chi connectivity index (χ2n) is 4.54. The van der Waals surface area contributed by atoms with Crippen LogP contribution in [0, 0.1) is 5.92 Å². The van der Waals surface area contributed by atoms with Crippen molar-refractivity contribution in [2.45, 2.75) is 6.42 Å². The third-order valence-corrected chi connectivity index (χ3v) is 3.05. The van der Waals surface area contributed by atoms with Crippen LogP contribution in [0.2, 0.25) is 0 Å². The number of hydrogen-bond acceptors (Lipinski definition) is 4. The third-order valence-electron chi connectivity index (χ3n) is 3.05. The molecule has 2 rings (SSSR count). The Bertz CT molecular complexity index is 540. The number of carbonyl (C=O) groups is 3. The number of benzene rings is 1. The van der Waals surface area contributed by atoms with Crippen molar-refractivity contribution in [1.29, 1.82) is 0 Å². The predicted molar refractivity (Wildman–Crippen MR) is 69.2 cm³/mol. The minimum absolute atomic E-state index is 0.0224. The van der Waals surface area contributed by atoms with Gasteiger partial charge in [-0.2, -0.15) is 0 Å². The fourth-order valence-corrected chi connectivity index (χ4v) is 2.06. The zero-order chi connectivity index (χ0) is 14.7. The van der Waals surface area contributed by atoms with Gasteiger partial charge in [-0.1, -0.05) is 0 Å². The van der Waals surface area contributed by atoms with Crippen molar-refractivity contribution in [3.8, 4) is 5.75 Å². The van der Waals surface area contributed by atoms with Crippen molar-refractivity contribution in [3.05, 3.63) is 24.3 Å². The number of anilines is 1. The molecule has 0 bridgehead atoms. The smallest absolute Gasteiger partial charge is 0.323 e. The van der Waals surface area contributed by atoms with Gasteiger partial charge in [0.1, 0.15) is 12.3 Å². The first kappa shape index (κ1) is 13.9. The molecule has 106 valence electrons. The second kappa shape index (κ2) is 5.60. The summed E-state index contributed by atoms with van der Waals surface area (Å²) >= 11 is 0. The molecule has 1 aromatic rings. The lowest BCUT2D eigenvalue weighted by Crippen LogP contribution is -2.40. The highest BCUT2D eigenvalue weighted by Crippen LogP contribution is 2.22. The Morgan fingerprint density at radius 3 is 2.45 bits per heavy atom. The lowest BCUT2D eigenvalue weighted by molar-refractivity contribution is -0.137. The minimum atomic E-state index is -1.15. The molecular formula is C13H14N2O5. The van der Waals surface area contributed by atoms with E-state index in [0.29, 0.717) is 5.69 Å². The van der Waals surface area contributed by atoms with E-state index in [9.17, 15) is 19.5 Å². The Morgan fingerprint density at radius 1 is 1.30 bits per heavy atom. The average Bonchev–Trinajstić information content (AvgIpc) is 2.83. The van der Waals surface area contributed by atoms with E-state index in [-0.39, 0.29) is 24.6 Å². The number of phenols is 1. The number of aromatic hydroxyl groups is 1. The molecule has 7 nitrogen and oxygen atoms in total. The topological polar surface area (TPSA) is 107 Å². The molecule has 1 fully saturated rings. The summed E-state index contributed by atoms with van der Waals surface area (Å²) in [6.45, 7) is -0.278. The number of hydrogen-bond donors (Lipinski definition) is 3. The first-order valence-electron chi connectivity index (χ1n) is 6.06. The third kappa shape index (κ3) is 3.05. The molecule has 1 heterocycles. The van der Waals surface area contributed by atoms with Gasteiger partial charge in [0.25, 0.3) is 0 Å². The number of amides is 2. The van der Waals surface area contributed by atoms with E-state index in [1.54, 1.807) is 0 Å². The Kier molecular flexibility index (Phi) is 3.88. The number of phenolic OH excluding ortho intramolecular Hbond substituents is 1. The molecule has 1 saturated heterocycles. The fourth-order valence-electron chi connectivity index (χ4n) is 2.06. The summed E-state index contributed by atoms with van der Waals surface area (Å²) < 4.78 is 0. The van der Waals surface area contributed by atoms with Crippen molar-refractivity contribution < 1.29 is 24.6 Å². The van der Waals surface area contributed by atoms with Crippen LogP contribution >= 0.6 is 0 Å². The fraction of sp³-hybridized carbons (Fsp3) is 0.308. The quantitative estimate of drug-likeness (QED) is 0.715. The van der Waals surface area contributed by atoms with Crippen molar-refractivity contribution >= 4 is 23.5 Å². The maximum atomic E-state index is 12.3. The van der Waals surface area contributed by atoms with Gasteiger partial charge in [0, 0.05) is 18.7 Å². The maximum Gasteiger partial charge on any atom is 0.323 e. The number of aliphatic carboxylic acids is 1. The van der Waals surface area contributed by atoms with E-state index in [0.717, 1.165) is 4.90 Å². The van der Waals surface area contributed by atoms with Crippen LogP contribution in [-0.4, -0.2) is 41.1 Å².